The Kier molecular flexibility index (Phi) is 4.51. The van der Waals surface area contributed by atoms with E-state index in [0.717, 1.165) is 0 Å². The van der Waals surface area contributed by atoms with E-state index in [2.05, 4.69) is 9.47 Å². The van der Waals surface area contributed by atoms with Gasteiger partial charge in [-0.1, -0.05) is 24.3 Å². The molecule has 0 saturated carbocycles. The average molecular weight is 222 g/mol. The van der Waals surface area contributed by atoms with E-state index in [9.17, 15) is 9.59 Å². The van der Waals surface area contributed by atoms with Crippen molar-refractivity contribution in [3.05, 3.63) is 35.5 Å². The third-order valence-electron chi connectivity index (χ3n) is 2.26. The molecule has 0 bridgehead atoms. The van der Waals surface area contributed by atoms with Crippen molar-refractivity contribution in [2.75, 3.05) is 14.2 Å². The Balaban J connectivity index is 2.79. The topological polar surface area (TPSA) is 52.6 Å². The van der Waals surface area contributed by atoms with Crippen molar-refractivity contribution in [1.82, 2.24) is 0 Å². The minimum absolute atomic E-state index is 0.365. The van der Waals surface area contributed by atoms with Gasteiger partial charge >= 0.3 is 11.9 Å². The molecule has 0 spiro atoms. The molecule has 0 aliphatic heterocycles. The molecule has 1 aliphatic rings. The van der Waals surface area contributed by atoms with Crippen molar-refractivity contribution in [3.63, 3.8) is 0 Å². The zero-order chi connectivity index (χ0) is 12.0. The van der Waals surface area contributed by atoms with Crippen molar-refractivity contribution in [2.45, 2.75) is 12.8 Å². The van der Waals surface area contributed by atoms with Gasteiger partial charge in [0.05, 0.1) is 14.2 Å². The summed E-state index contributed by atoms with van der Waals surface area (Å²) in [5.74, 6) is -0.730. The smallest absolute Gasteiger partial charge is 0.333 e. The molecular weight excluding hydrogens is 208 g/mol. The molecule has 0 fully saturated rings. The summed E-state index contributed by atoms with van der Waals surface area (Å²) in [5, 5.41) is 0. The highest BCUT2D eigenvalue weighted by Crippen LogP contribution is 2.16. The standard InChI is InChI=1S/C12H14O4/c1-15-11(13)9-5-3-4-6-10(8-7-9)12(14)16-2/h3-6H,7-8H2,1-2H3/b4-3-,9-5+,10-6+. The number of methoxy groups -OCH3 is 2. The molecule has 4 heteroatoms. The Labute approximate surface area is 94.2 Å². The molecule has 0 aromatic carbocycles. The monoisotopic (exact) mass is 222 g/mol. The molecule has 86 valence electrons. The summed E-state index contributed by atoms with van der Waals surface area (Å²) >= 11 is 0. The highest BCUT2D eigenvalue weighted by atomic mass is 16.5. The van der Waals surface area contributed by atoms with Gasteiger partial charge in [-0.05, 0) is 12.8 Å². The average Bonchev–Trinajstić information content (AvgIpc) is 2.27. The molecular formula is C12H14O4. The summed E-state index contributed by atoms with van der Waals surface area (Å²) in [6.07, 6.45) is 7.73. The number of rotatable bonds is 2. The first kappa shape index (κ1) is 12.2. The molecule has 0 saturated heterocycles. The van der Waals surface area contributed by atoms with Gasteiger partial charge in [-0.25, -0.2) is 9.59 Å². The number of esters is 2. The number of carbonyl (C=O) groups excluding carboxylic acids is 2. The van der Waals surface area contributed by atoms with Crippen LogP contribution >= 0.6 is 0 Å². The van der Waals surface area contributed by atoms with E-state index in [1.54, 1.807) is 24.3 Å². The van der Waals surface area contributed by atoms with E-state index in [-0.39, 0.29) is 11.9 Å². The summed E-state index contributed by atoms with van der Waals surface area (Å²) < 4.78 is 9.26. The molecule has 0 heterocycles. The lowest BCUT2D eigenvalue weighted by molar-refractivity contribution is -0.137. The minimum Gasteiger partial charge on any atom is -0.466 e. The summed E-state index contributed by atoms with van der Waals surface area (Å²) in [5.41, 5.74) is 1.10. The fourth-order valence-electron chi connectivity index (χ4n) is 1.38. The Hall–Kier alpha value is -1.84. The molecule has 0 N–H and O–H groups in total. The van der Waals surface area contributed by atoms with E-state index in [1.165, 1.54) is 14.2 Å². The molecule has 1 rings (SSSR count). The molecule has 0 aromatic rings. The lowest BCUT2D eigenvalue weighted by Crippen LogP contribution is -2.09. The van der Waals surface area contributed by atoms with Crippen LogP contribution in [0.4, 0.5) is 0 Å². The van der Waals surface area contributed by atoms with Gasteiger partial charge in [-0.3, -0.25) is 0 Å². The van der Waals surface area contributed by atoms with Crippen LogP contribution in [-0.4, -0.2) is 26.2 Å². The van der Waals surface area contributed by atoms with Crippen molar-refractivity contribution < 1.29 is 19.1 Å². The molecule has 0 aromatic heterocycles. The number of hydrogen-bond donors (Lipinski definition) is 0. The normalized spacial score (nSPS) is 23.9. The SMILES string of the molecule is COC(=O)/C1=C/C=C\C=C(\C(=O)OC)CC1. The number of allylic oxidation sites excluding steroid dienone is 4. The molecule has 16 heavy (non-hydrogen) atoms. The Bertz CT molecular complexity index is 338. The highest BCUT2D eigenvalue weighted by Gasteiger charge is 2.14. The van der Waals surface area contributed by atoms with Crippen molar-refractivity contribution >= 4 is 11.9 Å². The maximum atomic E-state index is 11.3. The van der Waals surface area contributed by atoms with Crippen LogP contribution < -0.4 is 0 Å². The van der Waals surface area contributed by atoms with Crippen LogP contribution in [0.1, 0.15) is 12.8 Å². The van der Waals surface area contributed by atoms with E-state index >= 15 is 0 Å². The summed E-state index contributed by atoms with van der Waals surface area (Å²) in [6.45, 7) is 0. The zero-order valence-electron chi connectivity index (χ0n) is 9.36. The Morgan fingerprint density at radius 3 is 1.62 bits per heavy atom. The van der Waals surface area contributed by atoms with Crippen LogP contribution in [0, 0.1) is 0 Å². The number of carbonyl (C=O) groups is 2. The maximum Gasteiger partial charge on any atom is 0.333 e. The minimum atomic E-state index is -0.365. The van der Waals surface area contributed by atoms with Gasteiger partial charge in [0.2, 0.25) is 0 Å². The number of hydrogen-bond acceptors (Lipinski definition) is 4. The van der Waals surface area contributed by atoms with Crippen molar-refractivity contribution in [1.29, 1.82) is 0 Å². The third kappa shape index (κ3) is 3.08. The molecule has 0 atom stereocenters. The first-order chi connectivity index (χ1) is 7.69. The van der Waals surface area contributed by atoms with Gasteiger partial charge in [0, 0.05) is 11.1 Å². The molecule has 0 unspecified atom stereocenters. The predicted octanol–water partition coefficient (Wildman–Crippen LogP) is 1.54. The van der Waals surface area contributed by atoms with Gasteiger partial charge in [0.15, 0.2) is 0 Å². The Morgan fingerprint density at radius 1 is 0.938 bits per heavy atom. The number of ether oxygens (including phenoxy) is 2. The van der Waals surface area contributed by atoms with E-state index in [4.69, 9.17) is 0 Å². The second-order valence-electron chi connectivity index (χ2n) is 3.25. The van der Waals surface area contributed by atoms with Crippen LogP contribution in [0.15, 0.2) is 35.5 Å². The second kappa shape index (κ2) is 5.90. The largest absolute Gasteiger partial charge is 0.466 e. The predicted molar refractivity (Wildman–Crippen MR) is 58.6 cm³/mol. The van der Waals surface area contributed by atoms with E-state index in [0.29, 0.717) is 24.0 Å². The lowest BCUT2D eigenvalue weighted by Gasteiger charge is -2.08. The Morgan fingerprint density at radius 2 is 1.31 bits per heavy atom. The van der Waals surface area contributed by atoms with Crippen LogP contribution in [-0.2, 0) is 19.1 Å². The fraction of sp³-hybridized carbons (Fsp3) is 0.333. The molecule has 4 nitrogen and oxygen atoms in total. The first-order valence-corrected chi connectivity index (χ1v) is 4.92. The van der Waals surface area contributed by atoms with Crippen LogP contribution in [0.3, 0.4) is 0 Å². The van der Waals surface area contributed by atoms with Gasteiger partial charge in [-0.2, -0.15) is 0 Å². The third-order valence-corrected chi connectivity index (χ3v) is 2.26. The summed E-state index contributed by atoms with van der Waals surface area (Å²) in [7, 11) is 2.67. The molecule has 1 aliphatic carbocycles. The second-order valence-corrected chi connectivity index (χ2v) is 3.25. The molecule has 0 amide bonds. The zero-order valence-corrected chi connectivity index (χ0v) is 9.36. The van der Waals surface area contributed by atoms with Crippen LogP contribution in [0.25, 0.3) is 0 Å². The first-order valence-electron chi connectivity index (χ1n) is 4.92. The van der Waals surface area contributed by atoms with E-state index in [1.807, 2.05) is 0 Å². The van der Waals surface area contributed by atoms with Crippen molar-refractivity contribution in [2.24, 2.45) is 0 Å². The van der Waals surface area contributed by atoms with Gasteiger partial charge in [-0.15, -0.1) is 0 Å². The highest BCUT2D eigenvalue weighted by molar-refractivity contribution is 5.91. The maximum absolute atomic E-state index is 11.3. The quantitative estimate of drug-likeness (QED) is 0.665. The molecule has 0 radical (unpaired) electrons. The van der Waals surface area contributed by atoms with Crippen LogP contribution in [0.2, 0.25) is 0 Å². The van der Waals surface area contributed by atoms with Gasteiger partial charge < -0.3 is 9.47 Å². The van der Waals surface area contributed by atoms with Gasteiger partial charge in [0.1, 0.15) is 0 Å². The van der Waals surface area contributed by atoms with Crippen molar-refractivity contribution in [3.8, 4) is 0 Å². The lowest BCUT2D eigenvalue weighted by atomic mass is 10.0. The summed E-state index contributed by atoms with van der Waals surface area (Å²) in [4.78, 5) is 22.6. The van der Waals surface area contributed by atoms with E-state index < -0.39 is 0 Å². The fourth-order valence-corrected chi connectivity index (χ4v) is 1.38. The summed E-state index contributed by atoms with van der Waals surface area (Å²) in [6, 6.07) is 0. The van der Waals surface area contributed by atoms with Crippen LogP contribution in [0.5, 0.6) is 0 Å². The van der Waals surface area contributed by atoms with Gasteiger partial charge in [0.25, 0.3) is 0 Å².